The Balaban J connectivity index is 1.68. The van der Waals surface area contributed by atoms with Gasteiger partial charge in [0, 0.05) is 23.4 Å². The number of nitriles is 1. The van der Waals surface area contributed by atoms with Crippen LogP contribution in [-0.2, 0) is 11.3 Å². The van der Waals surface area contributed by atoms with Crippen molar-refractivity contribution in [2.24, 2.45) is 0 Å². The molecular weight excluding hydrogens is 400 g/mol. The van der Waals surface area contributed by atoms with Crippen LogP contribution in [0.1, 0.15) is 36.8 Å². The van der Waals surface area contributed by atoms with E-state index in [9.17, 15) is 10.1 Å². The molecule has 0 saturated heterocycles. The van der Waals surface area contributed by atoms with Gasteiger partial charge in [0.05, 0.1) is 19.3 Å². The first-order valence-corrected chi connectivity index (χ1v) is 10.8. The zero-order valence-electron chi connectivity index (χ0n) is 18.1. The zero-order valence-corrected chi connectivity index (χ0v) is 18.1. The molecule has 1 fully saturated rings. The number of benzene rings is 2. The first kappa shape index (κ1) is 21.4. The Kier molecular flexibility index (Phi) is 6.66. The maximum atomic E-state index is 12.7. The third-order valence-electron chi connectivity index (χ3n) is 5.70. The van der Waals surface area contributed by atoms with Crippen LogP contribution in [-0.4, -0.2) is 28.8 Å². The zero-order chi connectivity index (χ0) is 22.3. The van der Waals surface area contributed by atoms with Crippen molar-refractivity contribution in [1.82, 2.24) is 15.1 Å². The van der Waals surface area contributed by atoms with E-state index in [-0.39, 0.29) is 17.5 Å². The third-order valence-corrected chi connectivity index (χ3v) is 5.70. The highest BCUT2D eigenvalue weighted by atomic mass is 16.5. The first-order valence-electron chi connectivity index (χ1n) is 10.8. The molecular formula is C26H26N4O2. The molecule has 1 aromatic heterocycles. The highest BCUT2D eigenvalue weighted by molar-refractivity contribution is 6.02. The van der Waals surface area contributed by atoms with Crippen molar-refractivity contribution in [2.75, 3.05) is 7.11 Å². The Morgan fingerprint density at radius 1 is 1.19 bits per heavy atom. The number of nitrogens with one attached hydrogen (secondary N) is 1. The lowest BCUT2D eigenvalue weighted by molar-refractivity contribution is -0.117. The maximum absolute atomic E-state index is 12.7. The smallest absolute Gasteiger partial charge is 0.262 e. The molecule has 4 rings (SSSR count). The Morgan fingerprint density at radius 3 is 2.56 bits per heavy atom. The topological polar surface area (TPSA) is 79.9 Å². The summed E-state index contributed by atoms with van der Waals surface area (Å²) < 4.78 is 7.10. The van der Waals surface area contributed by atoms with Crippen LogP contribution in [0.4, 0.5) is 0 Å². The number of hydrogen-bond acceptors (Lipinski definition) is 4. The number of nitrogens with zero attached hydrogens (tertiary/aromatic N) is 3. The minimum absolute atomic E-state index is 0.0888. The van der Waals surface area contributed by atoms with E-state index in [1.165, 1.54) is 0 Å². The van der Waals surface area contributed by atoms with E-state index in [4.69, 9.17) is 9.84 Å². The molecule has 0 bridgehead atoms. The number of ether oxygens (including phenoxy) is 1. The molecule has 0 unspecified atom stereocenters. The van der Waals surface area contributed by atoms with Gasteiger partial charge in [-0.2, -0.15) is 10.4 Å². The van der Waals surface area contributed by atoms with Crippen LogP contribution in [0.3, 0.4) is 0 Å². The van der Waals surface area contributed by atoms with Gasteiger partial charge in [-0.15, -0.1) is 0 Å². The van der Waals surface area contributed by atoms with E-state index in [2.05, 4.69) is 11.4 Å². The molecule has 1 aliphatic carbocycles. The summed E-state index contributed by atoms with van der Waals surface area (Å²) in [5, 5.41) is 17.4. The van der Waals surface area contributed by atoms with Crippen LogP contribution in [0.25, 0.3) is 17.3 Å². The van der Waals surface area contributed by atoms with Gasteiger partial charge in [0.25, 0.3) is 5.91 Å². The van der Waals surface area contributed by atoms with Crippen LogP contribution in [0.15, 0.2) is 66.4 Å². The van der Waals surface area contributed by atoms with Gasteiger partial charge in [0.15, 0.2) is 0 Å². The van der Waals surface area contributed by atoms with E-state index in [1.54, 1.807) is 13.2 Å². The Labute approximate surface area is 188 Å². The van der Waals surface area contributed by atoms with Crippen LogP contribution in [0, 0.1) is 11.3 Å². The molecule has 1 amide bonds. The summed E-state index contributed by atoms with van der Waals surface area (Å²) in [7, 11) is 1.62. The van der Waals surface area contributed by atoms with Gasteiger partial charge >= 0.3 is 0 Å². The molecule has 32 heavy (non-hydrogen) atoms. The number of aromatic nitrogens is 2. The second-order valence-corrected chi connectivity index (χ2v) is 7.97. The fourth-order valence-electron chi connectivity index (χ4n) is 4.00. The van der Waals surface area contributed by atoms with E-state index in [0.29, 0.717) is 12.2 Å². The lowest BCUT2D eigenvalue weighted by Crippen LogP contribution is -2.33. The Bertz CT molecular complexity index is 1130. The summed E-state index contributed by atoms with van der Waals surface area (Å²) >= 11 is 0. The van der Waals surface area contributed by atoms with Gasteiger partial charge < -0.3 is 10.1 Å². The predicted molar refractivity (Wildman–Crippen MR) is 124 cm³/mol. The van der Waals surface area contributed by atoms with Crippen LogP contribution < -0.4 is 10.1 Å². The van der Waals surface area contributed by atoms with Crippen LogP contribution >= 0.6 is 0 Å². The summed E-state index contributed by atoms with van der Waals surface area (Å²) in [6.07, 6.45) is 7.69. The number of methoxy groups -OCH3 is 1. The molecule has 3 aromatic rings. The lowest BCUT2D eigenvalue weighted by atomic mass is 10.1. The molecule has 1 N–H and O–H groups in total. The second kappa shape index (κ2) is 9.97. The normalized spacial score (nSPS) is 14.2. The molecule has 162 valence electrons. The molecule has 2 aromatic carbocycles. The molecule has 0 atom stereocenters. The Morgan fingerprint density at radius 2 is 1.91 bits per heavy atom. The second-order valence-electron chi connectivity index (χ2n) is 7.97. The molecule has 1 aliphatic rings. The fourth-order valence-corrected chi connectivity index (χ4v) is 4.00. The minimum atomic E-state index is -0.323. The van der Waals surface area contributed by atoms with E-state index >= 15 is 0 Å². The van der Waals surface area contributed by atoms with Crippen molar-refractivity contribution in [3.63, 3.8) is 0 Å². The number of amides is 1. The molecule has 0 aliphatic heterocycles. The Hall–Kier alpha value is -3.85. The van der Waals surface area contributed by atoms with Crippen molar-refractivity contribution in [3.05, 3.63) is 77.5 Å². The standard InChI is InChI=1S/C26H26N4O2/c1-32-24-13-11-20(12-14-24)25-22(18-30(29-25)17-19-7-3-2-4-8-19)15-21(16-27)26(31)28-23-9-5-6-10-23/h2-4,7-8,11-15,18,23H,5-6,9-10,17H2,1H3,(H,28,31). The molecule has 0 radical (unpaired) electrons. The van der Waals surface area contributed by atoms with E-state index < -0.39 is 0 Å². The average molecular weight is 427 g/mol. The number of carbonyl (C=O) groups is 1. The van der Waals surface area contributed by atoms with Gasteiger partial charge in [-0.25, -0.2) is 0 Å². The highest BCUT2D eigenvalue weighted by Crippen LogP contribution is 2.27. The fraction of sp³-hybridized carbons (Fsp3) is 0.269. The molecule has 6 nitrogen and oxygen atoms in total. The number of rotatable bonds is 7. The monoisotopic (exact) mass is 426 g/mol. The van der Waals surface area contributed by atoms with Crippen molar-refractivity contribution >= 4 is 12.0 Å². The van der Waals surface area contributed by atoms with E-state index in [1.807, 2.05) is 65.5 Å². The summed E-state index contributed by atoms with van der Waals surface area (Å²) in [5.41, 5.74) is 3.53. The predicted octanol–water partition coefficient (Wildman–Crippen LogP) is 4.57. The van der Waals surface area contributed by atoms with Crippen molar-refractivity contribution in [2.45, 2.75) is 38.3 Å². The van der Waals surface area contributed by atoms with Gasteiger partial charge in [-0.3, -0.25) is 9.48 Å². The number of hydrogen-bond donors (Lipinski definition) is 1. The molecule has 1 saturated carbocycles. The van der Waals surface area contributed by atoms with Crippen molar-refractivity contribution < 1.29 is 9.53 Å². The average Bonchev–Trinajstić information content (AvgIpc) is 3.48. The van der Waals surface area contributed by atoms with E-state index in [0.717, 1.165) is 48.1 Å². The number of carbonyl (C=O) groups excluding carboxylic acids is 1. The minimum Gasteiger partial charge on any atom is -0.497 e. The summed E-state index contributed by atoms with van der Waals surface area (Å²) in [4.78, 5) is 12.7. The summed E-state index contributed by atoms with van der Waals surface area (Å²) in [6, 6.07) is 19.9. The van der Waals surface area contributed by atoms with Gasteiger partial charge in [0.1, 0.15) is 17.4 Å². The molecule has 6 heteroatoms. The lowest BCUT2D eigenvalue weighted by Gasteiger charge is -2.10. The summed E-state index contributed by atoms with van der Waals surface area (Å²) in [5.74, 6) is 0.430. The first-order chi connectivity index (χ1) is 15.7. The SMILES string of the molecule is COc1ccc(-c2nn(Cc3ccccc3)cc2C=C(C#N)C(=O)NC2CCCC2)cc1. The maximum Gasteiger partial charge on any atom is 0.262 e. The van der Waals surface area contributed by atoms with Gasteiger partial charge in [-0.1, -0.05) is 43.2 Å². The van der Waals surface area contributed by atoms with Crippen molar-refractivity contribution in [3.8, 4) is 23.1 Å². The molecule has 0 spiro atoms. The molecule has 1 heterocycles. The summed E-state index contributed by atoms with van der Waals surface area (Å²) in [6.45, 7) is 0.591. The quantitative estimate of drug-likeness (QED) is 0.443. The van der Waals surface area contributed by atoms with Gasteiger partial charge in [0.2, 0.25) is 0 Å². The van der Waals surface area contributed by atoms with Crippen LogP contribution in [0.2, 0.25) is 0 Å². The van der Waals surface area contributed by atoms with Gasteiger partial charge in [-0.05, 0) is 48.7 Å². The third kappa shape index (κ3) is 5.06. The van der Waals surface area contributed by atoms with Crippen molar-refractivity contribution in [1.29, 1.82) is 5.26 Å². The largest absolute Gasteiger partial charge is 0.497 e. The highest BCUT2D eigenvalue weighted by Gasteiger charge is 2.20. The van der Waals surface area contributed by atoms with Crippen LogP contribution in [0.5, 0.6) is 5.75 Å².